The lowest BCUT2D eigenvalue weighted by molar-refractivity contribution is 0.0691. The molecule has 104 valence electrons. The summed E-state index contributed by atoms with van der Waals surface area (Å²) in [5.41, 5.74) is -0.153. The number of nitrogens with one attached hydrogen (secondary N) is 1. The largest absolute Gasteiger partial charge is 0.508 e. The number of benzene rings is 1. The molecule has 0 atom stereocenters. The van der Waals surface area contributed by atoms with Crippen LogP contribution in [0.5, 0.6) is 11.5 Å². The van der Waals surface area contributed by atoms with Gasteiger partial charge in [0.1, 0.15) is 16.5 Å². The Morgan fingerprint density at radius 3 is 2.70 bits per heavy atom. The topological polar surface area (TPSA) is 120 Å². The number of thiazole rings is 1. The van der Waals surface area contributed by atoms with Gasteiger partial charge in [0, 0.05) is 5.38 Å². The molecule has 8 heteroatoms. The van der Waals surface area contributed by atoms with E-state index < -0.39 is 11.9 Å². The lowest BCUT2D eigenvalue weighted by Gasteiger charge is -2.05. The first-order chi connectivity index (χ1) is 9.47. The highest BCUT2D eigenvalue weighted by Gasteiger charge is 2.13. The molecule has 2 aromatic rings. The van der Waals surface area contributed by atoms with Crippen LogP contribution in [0.15, 0.2) is 23.6 Å². The molecule has 0 saturated heterocycles. The first kappa shape index (κ1) is 13.8. The number of carbonyl (C=O) groups is 2. The van der Waals surface area contributed by atoms with Gasteiger partial charge in [-0.05, 0) is 18.2 Å². The van der Waals surface area contributed by atoms with Crippen molar-refractivity contribution in [3.8, 4) is 11.5 Å². The number of carbonyl (C=O) groups excluding carboxylic acids is 1. The van der Waals surface area contributed by atoms with Gasteiger partial charge in [0.15, 0.2) is 5.69 Å². The molecular weight excluding hydrogens is 284 g/mol. The van der Waals surface area contributed by atoms with Crippen LogP contribution in [0.1, 0.15) is 25.9 Å². The van der Waals surface area contributed by atoms with Crippen molar-refractivity contribution >= 4 is 23.2 Å². The third-order valence-corrected chi connectivity index (χ3v) is 3.24. The third-order valence-electron chi connectivity index (χ3n) is 2.40. The summed E-state index contributed by atoms with van der Waals surface area (Å²) in [5, 5.41) is 31.8. The molecule has 0 bridgehead atoms. The minimum atomic E-state index is -1.13. The number of hydrogen-bond donors (Lipinski definition) is 4. The normalized spacial score (nSPS) is 10.2. The van der Waals surface area contributed by atoms with E-state index in [1.807, 2.05) is 0 Å². The van der Waals surface area contributed by atoms with E-state index in [0.29, 0.717) is 5.01 Å². The fraction of sp³-hybridized carbons (Fsp3) is 0.0833. The third kappa shape index (κ3) is 3.04. The molecule has 7 nitrogen and oxygen atoms in total. The summed E-state index contributed by atoms with van der Waals surface area (Å²) >= 11 is 1.10. The van der Waals surface area contributed by atoms with Crippen LogP contribution in [0, 0.1) is 0 Å². The van der Waals surface area contributed by atoms with Gasteiger partial charge in [-0.3, -0.25) is 4.79 Å². The van der Waals surface area contributed by atoms with E-state index in [-0.39, 0.29) is 29.3 Å². The molecule has 1 heterocycles. The first-order valence-corrected chi connectivity index (χ1v) is 6.33. The maximum atomic E-state index is 11.8. The number of amides is 1. The number of phenols is 2. The zero-order valence-electron chi connectivity index (χ0n) is 10.0. The quantitative estimate of drug-likeness (QED) is 0.629. The summed E-state index contributed by atoms with van der Waals surface area (Å²) in [6, 6.07) is 3.59. The second kappa shape index (κ2) is 5.57. The Balaban J connectivity index is 2.04. The number of carboxylic acid groups (broad SMARTS) is 1. The Morgan fingerprint density at radius 2 is 2.05 bits per heavy atom. The zero-order chi connectivity index (χ0) is 14.7. The predicted octanol–water partition coefficient (Wildman–Crippen LogP) is 1.18. The van der Waals surface area contributed by atoms with Crippen molar-refractivity contribution in [2.24, 2.45) is 0 Å². The highest BCUT2D eigenvalue weighted by molar-refractivity contribution is 7.09. The Morgan fingerprint density at radius 1 is 1.30 bits per heavy atom. The van der Waals surface area contributed by atoms with Crippen molar-refractivity contribution in [3.05, 3.63) is 39.8 Å². The molecule has 2 rings (SSSR count). The van der Waals surface area contributed by atoms with Gasteiger partial charge >= 0.3 is 5.97 Å². The summed E-state index contributed by atoms with van der Waals surface area (Å²) in [6.45, 7) is 0.0336. The van der Waals surface area contributed by atoms with E-state index in [1.165, 1.54) is 17.5 Å². The Hall–Kier alpha value is -2.61. The molecule has 20 heavy (non-hydrogen) atoms. The Bertz CT molecular complexity index is 668. The lowest BCUT2D eigenvalue weighted by Crippen LogP contribution is -2.22. The van der Waals surface area contributed by atoms with Gasteiger partial charge in [-0.1, -0.05) is 0 Å². The summed E-state index contributed by atoms with van der Waals surface area (Å²) in [7, 11) is 0. The van der Waals surface area contributed by atoms with Crippen LogP contribution < -0.4 is 5.32 Å². The average Bonchev–Trinajstić information content (AvgIpc) is 2.88. The number of carboxylic acids is 1. The van der Waals surface area contributed by atoms with E-state index in [9.17, 15) is 19.8 Å². The minimum absolute atomic E-state index is 0.0336. The molecule has 0 saturated carbocycles. The van der Waals surface area contributed by atoms with Gasteiger partial charge in [0.25, 0.3) is 5.91 Å². The second-order valence-corrected chi connectivity index (χ2v) is 4.76. The van der Waals surface area contributed by atoms with Crippen molar-refractivity contribution in [1.82, 2.24) is 10.3 Å². The SMILES string of the molecule is O=C(O)c1csc(CNC(=O)c2cc(O)ccc2O)n1. The molecule has 0 unspecified atom stereocenters. The lowest BCUT2D eigenvalue weighted by atomic mass is 10.2. The molecule has 1 aromatic heterocycles. The molecule has 0 radical (unpaired) electrons. The standard InChI is InChI=1S/C12H10N2O5S/c15-6-1-2-9(16)7(3-6)11(17)13-4-10-14-8(5-20-10)12(18)19/h1-3,5,15-16H,4H2,(H,13,17)(H,18,19). The minimum Gasteiger partial charge on any atom is -0.508 e. The molecule has 1 aromatic carbocycles. The van der Waals surface area contributed by atoms with Crippen molar-refractivity contribution in [3.63, 3.8) is 0 Å². The summed E-state index contributed by atoms with van der Waals surface area (Å²) in [5.74, 6) is -2.13. The zero-order valence-corrected chi connectivity index (χ0v) is 10.8. The maximum Gasteiger partial charge on any atom is 0.355 e. The second-order valence-electron chi connectivity index (χ2n) is 3.82. The van der Waals surface area contributed by atoms with Crippen LogP contribution in [0.3, 0.4) is 0 Å². The number of hydrogen-bond acceptors (Lipinski definition) is 6. The van der Waals surface area contributed by atoms with E-state index in [2.05, 4.69) is 10.3 Å². The molecule has 0 spiro atoms. The Kier molecular flexibility index (Phi) is 3.85. The summed E-state index contributed by atoms with van der Waals surface area (Å²) < 4.78 is 0. The maximum absolute atomic E-state index is 11.8. The highest BCUT2D eigenvalue weighted by atomic mass is 32.1. The predicted molar refractivity (Wildman–Crippen MR) is 70.0 cm³/mol. The average molecular weight is 294 g/mol. The number of aromatic nitrogens is 1. The number of rotatable bonds is 4. The van der Waals surface area contributed by atoms with Gasteiger partial charge in [-0.25, -0.2) is 9.78 Å². The highest BCUT2D eigenvalue weighted by Crippen LogP contribution is 2.22. The van der Waals surface area contributed by atoms with Crippen molar-refractivity contribution in [2.45, 2.75) is 6.54 Å². The fourth-order valence-corrected chi connectivity index (χ4v) is 2.16. The molecule has 1 amide bonds. The molecule has 0 aliphatic rings. The van der Waals surface area contributed by atoms with E-state index in [4.69, 9.17) is 5.11 Å². The van der Waals surface area contributed by atoms with E-state index in [1.54, 1.807) is 0 Å². The van der Waals surface area contributed by atoms with Gasteiger partial charge in [0.2, 0.25) is 0 Å². The molecule has 4 N–H and O–H groups in total. The van der Waals surface area contributed by atoms with Crippen molar-refractivity contribution in [2.75, 3.05) is 0 Å². The van der Waals surface area contributed by atoms with Crippen molar-refractivity contribution in [1.29, 1.82) is 0 Å². The molecule has 0 fully saturated rings. The van der Waals surface area contributed by atoms with Crippen LogP contribution >= 0.6 is 11.3 Å². The van der Waals surface area contributed by atoms with Crippen molar-refractivity contribution < 1.29 is 24.9 Å². The smallest absolute Gasteiger partial charge is 0.355 e. The van der Waals surface area contributed by atoms with Gasteiger partial charge in [-0.15, -0.1) is 11.3 Å². The number of nitrogens with zero attached hydrogens (tertiary/aromatic N) is 1. The summed E-state index contributed by atoms with van der Waals surface area (Å²) in [6.07, 6.45) is 0. The van der Waals surface area contributed by atoms with Gasteiger partial charge < -0.3 is 20.6 Å². The van der Waals surface area contributed by atoms with Crippen LogP contribution in [0.25, 0.3) is 0 Å². The number of aromatic carboxylic acids is 1. The van der Waals surface area contributed by atoms with Gasteiger partial charge in [-0.2, -0.15) is 0 Å². The first-order valence-electron chi connectivity index (χ1n) is 5.45. The number of aromatic hydroxyl groups is 2. The summed E-state index contributed by atoms with van der Waals surface area (Å²) in [4.78, 5) is 26.3. The monoisotopic (exact) mass is 294 g/mol. The van der Waals surface area contributed by atoms with Crippen LogP contribution in [-0.2, 0) is 6.54 Å². The van der Waals surface area contributed by atoms with E-state index >= 15 is 0 Å². The van der Waals surface area contributed by atoms with Crippen LogP contribution in [0.4, 0.5) is 0 Å². The van der Waals surface area contributed by atoms with Gasteiger partial charge in [0.05, 0.1) is 12.1 Å². The molecule has 0 aliphatic heterocycles. The Labute approximate surface area is 117 Å². The number of phenolic OH excluding ortho intramolecular Hbond substituents is 2. The molecular formula is C12H10N2O5S. The molecule has 0 aliphatic carbocycles. The van der Waals surface area contributed by atoms with Crippen LogP contribution in [-0.4, -0.2) is 32.2 Å². The fourth-order valence-electron chi connectivity index (χ4n) is 1.45. The van der Waals surface area contributed by atoms with Crippen LogP contribution in [0.2, 0.25) is 0 Å². The van der Waals surface area contributed by atoms with E-state index in [0.717, 1.165) is 17.4 Å².